The van der Waals surface area contributed by atoms with Gasteiger partial charge in [-0.15, -0.1) is 0 Å². The zero-order valence-corrected chi connectivity index (χ0v) is 59.8. The fourth-order valence-corrected chi connectivity index (χ4v) is 11.7. The fourth-order valence-electron chi connectivity index (χ4n) is 11.2. The second-order valence-electron chi connectivity index (χ2n) is 26.7. The minimum atomic E-state index is -1.63. The molecule has 24 nitrogen and oxygen atoms in total. The highest BCUT2D eigenvalue weighted by Crippen LogP contribution is 2.26. The molecule has 0 bridgehead atoms. The van der Waals surface area contributed by atoms with Crippen LogP contribution in [0.2, 0.25) is 0 Å². The molecule has 1 heterocycles. The van der Waals surface area contributed by atoms with E-state index in [1.54, 1.807) is 79.3 Å². The van der Waals surface area contributed by atoms with Crippen LogP contribution in [-0.2, 0) is 57.5 Å². The average molecular weight is 1290 g/mol. The number of ether oxygens (including phenoxy) is 1. The number of hydrogen-bond donors (Lipinski definition) is 5. The molecule has 0 aromatic heterocycles. The topological polar surface area (TPSA) is 288 Å². The van der Waals surface area contributed by atoms with Crippen molar-refractivity contribution < 1.29 is 62.6 Å². The first-order valence-electron chi connectivity index (χ1n) is 32.2. The third-order valence-corrected chi connectivity index (χ3v) is 17.6. The lowest BCUT2D eigenvalue weighted by Gasteiger charge is -2.41. The number of thioether (sulfide) groups is 1. The van der Waals surface area contributed by atoms with Crippen LogP contribution in [0.3, 0.4) is 0 Å². The van der Waals surface area contributed by atoms with Gasteiger partial charge in [0.25, 0.3) is 0 Å². The first-order valence-corrected chi connectivity index (χ1v) is 33.6. The highest BCUT2D eigenvalue weighted by Gasteiger charge is 2.46. The molecule has 1 aliphatic heterocycles. The Kier molecular flexibility index (Phi) is 35.5. The molecule has 11 amide bonds. The third-order valence-electron chi connectivity index (χ3n) is 16.9. The summed E-state index contributed by atoms with van der Waals surface area (Å²) < 4.78 is 6.21. The quantitative estimate of drug-likeness (QED) is 0.0858. The molecule has 1 rings (SSSR count). The summed E-state index contributed by atoms with van der Waals surface area (Å²) in [4.78, 5) is 170. The number of nitrogens with zero attached hydrogens (tertiary/aromatic N) is 7. The maximum atomic E-state index is 15.2. The number of rotatable bonds is 20. The van der Waals surface area contributed by atoms with Crippen molar-refractivity contribution in [3.05, 3.63) is 12.2 Å². The van der Waals surface area contributed by atoms with Crippen molar-refractivity contribution in [2.75, 3.05) is 74.5 Å². The Morgan fingerprint density at radius 3 is 1.50 bits per heavy atom. The molecule has 25 heteroatoms. The van der Waals surface area contributed by atoms with Crippen LogP contribution in [0.5, 0.6) is 0 Å². The van der Waals surface area contributed by atoms with E-state index in [1.807, 2.05) is 47.8 Å². The van der Waals surface area contributed by atoms with Crippen LogP contribution in [0.1, 0.15) is 156 Å². The predicted octanol–water partition coefficient (Wildman–Crippen LogP) is 3.77. The molecular weight excluding hydrogens is 1170 g/mol. The second kappa shape index (κ2) is 38.9. The van der Waals surface area contributed by atoms with Gasteiger partial charge in [0.1, 0.15) is 60.4 Å². The van der Waals surface area contributed by atoms with Crippen molar-refractivity contribution in [3.8, 4) is 0 Å². The van der Waals surface area contributed by atoms with Crippen LogP contribution in [-0.4, -0.2) is 252 Å². The minimum Gasteiger partial charge on any atom is -0.390 e. The Morgan fingerprint density at radius 2 is 1.01 bits per heavy atom. The van der Waals surface area contributed by atoms with Crippen LogP contribution in [0.4, 0.5) is 0 Å². The molecule has 13 atom stereocenters. The lowest BCUT2D eigenvalue weighted by Crippen LogP contribution is -2.63. The van der Waals surface area contributed by atoms with Gasteiger partial charge in [0.15, 0.2) is 0 Å². The van der Waals surface area contributed by atoms with Crippen molar-refractivity contribution in [1.82, 2.24) is 55.6 Å². The molecule has 1 aliphatic rings. The van der Waals surface area contributed by atoms with Crippen LogP contribution in [0, 0.1) is 35.5 Å². The normalized spacial score (nSPS) is 26.4. The van der Waals surface area contributed by atoms with Gasteiger partial charge in [-0.25, -0.2) is 0 Å². The SMILES string of the molecule is CC=CC[C@@H](C)[C@@H](O)[C@H]1C(=O)N[C@@H](CC)C(=O)N(C)CC(=O)N(C)[C@@H]([C@@H](C)OCCCCSC)C(=O)N[C@@H](C(C)C)C(=O)N(C)[C@@H](CC(C)C)C(=O)N[C@@H](C)C(=O)N[C@H](C)C(=O)N(C)[C@@H](CC(C)C)C(=O)N(C)[C@@H](CC(C)C)C(=O)N(C)[C@@H](C(C)C)C(=O)N1C. The summed E-state index contributed by atoms with van der Waals surface area (Å²) in [6.45, 7) is 27.4. The Morgan fingerprint density at radius 1 is 0.533 bits per heavy atom. The van der Waals surface area contributed by atoms with Gasteiger partial charge < -0.3 is 65.4 Å². The first-order chi connectivity index (χ1) is 41.8. The number of carbonyl (C=O) groups is 11. The smallest absolute Gasteiger partial charge is 0.246 e. The van der Waals surface area contributed by atoms with Crippen LogP contribution >= 0.6 is 11.8 Å². The predicted molar refractivity (Wildman–Crippen MR) is 352 cm³/mol. The van der Waals surface area contributed by atoms with E-state index < -0.39 is 162 Å². The summed E-state index contributed by atoms with van der Waals surface area (Å²) >= 11 is 1.67. The van der Waals surface area contributed by atoms with E-state index in [-0.39, 0.29) is 50.0 Å². The van der Waals surface area contributed by atoms with Gasteiger partial charge >= 0.3 is 0 Å². The molecule has 0 unspecified atom stereocenters. The molecule has 0 saturated carbocycles. The minimum absolute atomic E-state index is 0.00309. The van der Waals surface area contributed by atoms with Gasteiger partial charge in [0.2, 0.25) is 65.0 Å². The molecule has 0 spiro atoms. The number of amides is 11. The molecule has 1 fully saturated rings. The van der Waals surface area contributed by atoms with Crippen LogP contribution in [0.25, 0.3) is 0 Å². The third kappa shape index (κ3) is 23.7. The van der Waals surface area contributed by atoms with E-state index in [0.29, 0.717) is 12.8 Å². The van der Waals surface area contributed by atoms with E-state index in [4.69, 9.17) is 4.74 Å². The number of likely N-dealkylation sites (N-methyl/N-ethyl adjacent to an activating group) is 7. The van der Waals surface area contributed by atoms with Crippen molar-refractivity contribution in [2.24, 2.45) is 35.5 Å². The number of aliphatic hydroxyl groups is 1. The maximum Gasteiger partial charge on any atom is 0.246 e. The van der Waals surface area contributed by atoms with E-state index in [0.717, 1.165) is 26.9 Å². The first kappa shape index (κ1) is 82.2. The zero-order chi connectivity index (χ0) is 69.5. The van der Waals surface area contributed by atoms with E-state index in [9.17, 15) is 48.3 Å². The second-order valence-corrected chi connectivity index (χ2v) is 27.7. The summed E-state index contributed by atoms with van der Waals surface area (Å²) in [6, 6.07) is -12.8. The molecule has 516 valence electrons. The van der Waals surface area contributed by atoms with Gasteiger partial charge in [-0.3, -0.25) is 52.7 Å². The Balaban J connectivity index is 4.38. The largest absolute Gasteiger partial charge is 0.390 e. The molecular formula is C65H117N11O13S. The molecule has 0 aromatic rings. The van der Waals surface area contributed by atoms with Crippen LogP contribution in [0.15, 0.2) is 12.2 Å². The zero-order valence-electron chi connectivity index (χ0n) is 59.0. The highest BCUT2D eigenvalue weighted by molar-refractivity contribution is 7.98. The van der Waals surface area contributed by atoms with Gasteiger partial charge in [0, 0.05) is 55.9 Å². The molecule has 0 aliphatic carbocycles. The van der Waals surface area contributed by atoms with Gasteiger partial charge in [-0.1, -0.05) is 95.2 Å². The lowest BCUT2D eigenvalue weighted by molar-refractivity contribution is -0.157. The number of hydrogen-bond acceptors (Lipinski definition) is 14. The van der Waals surface area contributed by atoms with E-state index in [1.165, 1.54) is 82.8 Å². The molecule has 0 radical (unpaired) electrons. The summed E-state index contributed by atoms with van der Waals surface area (Å²) in [5.74, 6) is -9.08. The Labute approximate surface area is 543 Å². The molecule has 5 N–H and O–H groups in total. The molecule has 0 aromatic carbocycles. The van der Waals surface area contributed by atoms with Crippen LogP contribution < -0.4 is 21.3 Å². The Bertz CT molecular complexity index is 2430. The summed E-state index contributed by atoms with van der Waals surface area (Å²) in [7, 11) is 9.86. The van der Waals surface area contributed by atoms with Gasteiger partial charge in [-0.05, 0) is 120 Å². The number of nitrogens with one attached hydrogen (secondary N) is 4. The molecule has 1 saturated heterocycles. The monoisotopic (exact) mass is 1290 g/mol. The summed E-state index contributed by atoms with van der Waals surface area (Å²) in [5.41, 5.74) is 0. The standard InChI is InChI=1S/C65H117N11O13S/c1-25-27-30-42(13)55(78)54-59(82)68-46(26-2)61(84)70(17)36-50(77)74(21)53(45(16)89-31-28-29-32-90-24)58(81)69-51(40(9)10)64(87)71(18)47(33-37(3)4)57(80)66-43(14)56(79)67-44(15)60(83)72(19)48(34-38(5)6)62(85)73(20)49(35-39(7)8)63(86)75(22)52(41(11)12)65(88)76(54)23/h25,27,37-49,51-55,78H,26,28-36H2,1-24H3,(H,66,80)(H,67,79)(H,68,82)(H,69,81)/t42-,43+,44-,45-,46+,47+,48+,49+,51+,52+,53+,54+,55-/m1/s1. The number of allylic oxidation sites excluding steroid dienone is 2. The summed E-state index contributed by atoms with van der Waals surface area (Å²) in [5, 5.41) is 23.2. The maximum absolute atomic E-state index is 15.2. The number of carbonyl (C=O) groups excluding carboxylic acids is 11. The number of aliphatic hydroxyl groups excluding tert-OH is 1. The Hall–Kier alpha value is -5.82. The van der Waals surface area contributed by atoms with Crippen molar-refractivity contribution in [3.63, 3.8) is 0 Å². The van der Waals surface area contributed by atoms with E-state index >= 15 is 9.59 Å². The number of unbranched alkanes of at least 4 members (excludes halogenated alkanes) is 1. The average Bonchev–Trinajstić information content (AvgIpc) is 0.863. The lowest BCUT2D eigenvalue weighted by atomic mass is 9.91. The van der Waals surface area contributed by atoms with Crippen molar-refractivity contribution in [2.45, 2.75) is 228 Å². The highest BCUT2D eigenvalue weighted by atomic mass is 32.2. The van der Waals surface area contributed by atoms with Crippen molar-refractivity contribution >= 4 is 76.7 Å². The van der Waals surface area contributed by atoms with Crippen molar-refractivity contribution in [1.29, 1.82) is 0 Å². The fraction of sp³-hybridized carbons (Fsp3) is 0.800. The molecule has 90 heavy (non-hydrogen) atoms. The van der Waals surface area contributed by atoms with Gasteiger partial charge in [-0.2, -0.15) is 11.8 Å². The summed E-state index contributed by atoms with van der Waals surface area (Å²) in [6.07, 6.45) is 5.31. The van der Waals surface area contributed by atoms with E-state index in [2.05, 4.69) is 21.3 Å². The van der Waals surface area contributed by atoms with Gasteiger partial charge in [0.05, 0.1) is 18.8 Å².